The SMILES string of the molecule is CCCS(=O)(=O)NCc1ccc(Oc2ccc(OC)cc2)nc1. The summed E-state index contributed by atoms with van der Waals surface area (Å²) >= 11 is 0. The number of methoxy groups -OCH3 is 1. The number of sulfonamides is 1. The molecule has 1 N–H and O–H groups in total. The number of nitrogens with one attached hydrogen (secondary N) is 1. The van der Waals surface area contributed by atoms with E-state index in [1.807, 2.05) is 6.92 Å². The van der Waals surface area contributed by atoms with Crippen LogP contribution in [0.4, 0.5) is 0 Å². The van der Waals surface area contributed by atoms with Gasteiger partial charge in [-0.25, -0.2) is 18.1 Å². The first kappa shape index (κ1) is 17.2. The van der Waals surface area contributed by atoms with Gasteiger partial charge in [0, 0.05) is 18.8 Å². The van der Waals surface area contributed by atoms with Gasteiger partial charge in [-0.05, 0) is 36.2 Å². The molecule has 1 aromatic carbocycles. The van der Waals surface area contributed by atoms with E-state index in [9.17, 15) is 8.42 Å². The van der Waals surface area contributed by atoms with Gasteiger partial charge in [-0.1, -0.05) is 13.0 Å². The molecule has 2 rings (SSSR count). The number of aromatic nitrogens is 1. The molecule has 0 aliphatic carbocycles. The predicted octanol–water partition coefficient (Wildman–Crippen LogP) is 2.71. The number of pyridine rings is 1. The van der Waals surface area contributed by atoms with Crippen molar-refractivity contribution in [2.75, 3.05) is 12.9 Å². The molecular weight excluding hydrogens is 316 g/mol. The molecule has 2 aromatic rings. The minimum Gasteiger partial charge on any atom is -0.497 e. The molecule has 0 spiro atoms. The average molecular weight is 336 g/mol. The van der Waals surface area contributed by atoms with E-state index in [2.05, 4.69) is 9.71 Å². The van der Waals surface area contributed by atoms with Crippen LogP contribution in [-0.2, 0) is 16.6 Å². The lowest BCUT2D eigenvalue weighted by Gasteiger charge is -2.08. The van der Waals surface area contributed by atoms with Crippen molar-refractivity contribution in [2.45, 2.75) is 19.9 Å². The van der Waals surface area contributed by atoms with Crippen LogP contribution in [0, 0.1) is 0 Å². The summed E-state index contributed by atoms with van der Waals surface area (Å²) < 4.78 is 36.4. The van der Waals surface area contributed by atoms with Crippen molar-refractivity contribution in [3.8, 4) is 17.4 Å². The molecule has 0 amide bonds. The standard InChI is InChI=1S/C16H20N2O4S/c1-3-10-23(19,20)18-12-13-4-9-16(17-11-13)22-15-7-5-14(21-2)6-8-15/h4-9,11,18H,3,10,12H2,1-2H3. The van der Waals surface area contributed by atoms with Crippen LogP contribution in [0.2, 0.25) is 0 Å². The molecule has 0 aliphatic heterocycles. The zero-order valence-corrected chi connectivity index (χ0v) is 14.0. The Balaban J connectivity index is 1.93. The van der Waals surface area contributed by atoms with Crippen molar-refractivity contribution < 1.29 is 17.9 Å². The van der Waals surface area contributed by atoms with Crippen molar-refractivity contribution in [1.82, 2.24) is 9.71 Å². The van der Waals surface area contributed by atoms with E-state index in [0.29, 0.717) is 18.1 Å². The largest absolute Gasteiger partial charge is 0.497 e. The van der Waals surface area contributed by atoms with E-state index in [0.717, 1.165) is 11.3 Å². The van der Waals surface area contributed by atoms with E-state index in [4.69, 9.17) is 9.47 Å². The third-order valence-electron chi connectivity index (χ3n) is 3.05. The Morgan fingerprint density at radius 2 is 1.78 bits per heavy atom. The summed E-state index contributed by atoms with van der Waals surface area (Å²) in [6.07, 6.45) is 2.18. The third kappa shape index (κ3) is 5.54. The smallest absolute Gasteiger partial charge is 0.219 e. The molecule has 0 saturated carbocycles. The van der Waals surface area contributed by atoms with Crippen LogP contribution in [0.5, 0.6) is 17.4 Å². The Labute approximate surface area is 136 Å². The highest BCUT2D eigenvalue weighted by atomic mass is 32.2. The lowest BCUT2D eigenvalue weighted by atomic mass is 10.3. The number of benzene rings is 1. The van der Waals surface area contributed by atoms with Crippen LogP contribution in [0.1, 0.15) is 18.9 Å². The minimum absolute atomic E-state index is 0.124. The second-order valence-corrected chi connectivity index (χ2v) is 6.85. The first-order chi connectivity index (χ1) is 11.0. The molecule has 0 atom stereocenters. The fraction of sp³-hybridized carbons (Fsp3) is 0.312. The number of rotatable bonds is 8. The predicted molar refractivity (Wildman–Crippen MR) is 88.2 cm³/mol. The molecular formula is C16H20N2O4S. The van der Waals surface area contributed by atoms with Crippen LogP contribution in [0.25, 0.3) is 0 Å². The molecule has 23 heavy (non-hydrogen) atoms. The van der Waals surface area contributed by atoms with Crippen LogP contribution < -0.4 is 14.2 Å². The van der Waals surface area contributed by atoms with E-state index in [-0.39, 0.29) is 12.3 Å². The summed E-state index contributed by atoms with van der Waals surface area (Å²) in [5.74, 6) is 1.96. The molecule has 1 aromatic heterocycles. The van der Waals surface area contributed by atoms with Crippen LogP contribution in [0.3, 0.4) is 0 Å². The highest BCUT2D eigenvalue weighted by molar-refractivity contribution is 7.89. The van der Waals surface area contributed by atoms with Crippen LogP contribution >= 0.6 is 0 Å². The Morgan fingerprint density at radius 1 is 1.09 bits per heavy atom. The summed E-state index contributed by atoms with van der Waals surface area (Å²) in [6.45, 7) is 2.05. The number of nitrogens with zero attached hydrogens (tertiary/aromatic N) is 1. The fourth-order valence-electron chi connectivity index (χ4n) is 1.87. The molecule has 0 fully saturated rings. The molecule has 0 aliphatic rings. The molecule has 124 valence electrons. The van der Waals surface area contributed by atoms with Gasteiger partial charge in [-0.3, -0.25) is 0 Å². The normalized spacial score (nSPS) is 11.2. The van der Waals surface area contributed by atoms with Crippen LogP contribution in [0.15, 0.2) is 42.6 Å². The van der Waals surface area contributed by atoms with Gasteiger partial charge in [0.2, 0.25) is 15.9 Å². The number of hydrogen-bond donors (Lipinski definition) is 1. The monoisotopic (exact) mass is 336 g/mol. The van der Waals surface area contributed by atoms with Gasteiger partial charge in [0.25, 0.3) is 0 Å². The Hall–Kier alpha value is -2.12. The molecule has 0 bridgehead atoms. The number of hydrogen-bond acceptors (Lipinski definition) is 5. The van der Waals surface area contributed by atoms with Gasteiger partial charge in [-0.15, -0.1) is 0 Å². The Kier molecular flexibility index (Phi) is 5.95. The number of ether oxygens (including phenoxy) is 2. The first-order valence-corrected chi connectivity index (χ1v) is 8.92. The Bertz CT molecular complexity index is 713. The van der Waals surface area contributed by atoms with Gasteiger partial charge >= 0.3 is 0 Å². The summed E-state index contributed by atoms with van der Waals surface area (Å²) in [7, 11) is -1.61. The molecule has 0 unspecified atom stereocenters. The molecule has 0 radical (unpaired) electrons. The lowest BCUT2D eigenvalue weighted by molar-refractivity contribution is 0.412. The highest BCUT2D eigenvalue weighted by Crippen LogP contribution is 2.22. The second kappa shape index (κ2) is 7.94. The molecule has 7 heteroatoms. The van der Waals surface area contributed by atoms with E-state index in [1.165, 1.54) is 0 Å². The lowest BCUT2D eigenvalue weighted by Crippen LogP contribution is -2.25. The molecule has 6 nitrogen and oxygen atoms in total. The van der Waals surface area contributed by atoms with Crippen molar-refractivity contribution in [1.29, 1.82) is 0 Å². The van der Waals surface area contributed by atoms with Crippen molar-refractivity contribution in [2.24, 2.45) is 0 Å². The molecule has 0 saturated heterocycles. The highest BCUT2D eigenvalue weighted by Gasteiger charge is 2.08. The summed E-state index contributed by atoms with van der Waals surface area (Å²) in [6, 6.07) is 10.6. The quantitative estimate of drug-likeness (QED) is 0.802. The van der Waals surface area contributed by atoms with Gasteiger partial charge in [0.15, 0.2) is 0 Å². The van der Waals surface area contributed by atoms with Gasteiger partial charge < -0.3 is 9.47 Å². The Morgan fingerprint density at radius 3 is 2.35 bits per heavy atom. The van der Waals surface area contributed by atoms with Crippen molar-refractivity contribution in [3.05, 3.63) is 48.2 Å². The second-order valence-electron chi connectivity index (χ2n) is 4.92. The van der Waals surface area contributed by atoms with E-state index in [1.54, 1.807) is 49.7 Å². The topological polar surface area (TPSA) is 77.5 Å². The maximum atomic E-state index is 11.6. The zero-order valence-electron chi connectivity index (χ0n) is 13.2. The third-order valence-corrected chi connectivity index (χ3v) is 4.58. The minimum atomic E-state index is -3.22. The summed E-state index contributed by atoms with van der Waals surface area (Å²) in [5.41, 5.74) is 0.770. The summed E-state index contributed by atoms with van der Waals surface area (Å²) in [5, 5.41) is 0. The average Bonchev–Trinajstić information content (AvgIpc) is 2.55. The first-order valence-electron chi connectivity index (χ1n) is 7.26. The maximum absolute atomic E-state index is 11.6. The van der Waals surface area contributed by atoms with E-state index < -0.39 is 10.0 Å². The fourth-order valence-corrected chi connectivity index (χ4v) is 2.94. The van der Waals surface area contributed by atoms with E-state index >= 15 is 0 Å². The van der Waals surface area contributed by atoms with Crippen LogP contribution in [-0.4, -0.2) is 26.3 Å². The van der Waals surface area contributed by atoms with Gasteiger partial charge in [-0.2, -0.15) is 0 Å². The van der Waals surface area contributed by atoms with Crippen molar-refractivity contribution >= 4 is 10.0 Å². The maximum Gasteiger partial charge on any atom is 0.219 e. The zero-order chi connectivity index (χ0) is 16.7. The van der Waals surface area contributed by atoms with Gasteiger partial charge in [0.1, 0.15) is 11.5 Å². The van der Waals surface area contributed by atoms with Gasteiger partial charge in [0.05, 0.1) is 12.9 Å². The summed E-state index contributed by atoms with van der Waals surface area (Å²) in [4.78, 5) is 4.17. The van der Waals surface area contributed by atoms with Crippen molar-refractivity contribution in [3.63, 3.8) is 0 Å². The molecule has 1 heterocycles.